The van der Waals surface area contributed by atoms with Crippen molar-refractivity contribution in [1.82, 2.24) is 19.7 Å². The second kappa shape index (κ2) is 7.17. The minimum absolute atomic E-state index is 0.156. The monoisotopic (exact) mass is 367 g/mol. The first-order valence-corrected chi connectivity index (χ1v) is 9.28. The highest BCUT2D eigenvalue weighted by Gasteiger charge is 2.17. The average molecular weight is 367 g/mol. The van der Waals surface area contributed by atoms with Gasteiger partial charge in [-0.05, 0) is 43.9 Å². The maximum atomic E-state index is 12.3. The van der Waals surface area contributed by atoms with Gasteiger partial charge in [0.1, 0.15) is 6.54 Å². The highest BCUT2D eigenvalue weighted by atomic mass is 32.1. The Bertz CT molecular complexity index is 973. The van der Waals surface area contributed by atoms with Crippen LogP contribution in [0, 0.1) is 0 Å². The van der Waals surface area contributed by atoms with Crippen molar-refractivity contribution in [1.29, 1.82) is 0 Å². The van der Waals surface area contributed by atoms with Crippen molar-refractivity contribution in [2.75, 3.05) is 5.32 Å². The Morgan fingerprint density at radius 3 is 2.92 bits per heavy atom. The Labute approximate surface area is 153 Å². The Balaban J connectivity index is 1.50. The van der Waals surface area contributed by atoms with Gasteiger partial charge in [0.25, 0.3) is 5.56 Å². The van der Waals surface area contributed by atoms with E-state index in [0.29, 0.717) is 10.8 Å². The number of nitrogens with one attached hydrogen (secondary N) is 1. The number of anilines is 1. The lowest BCUT2D eigenvalue weighted by Crippen LogP contribution is -2.29. The van der Waals surface area contributed by atoms with Crippen LogP contribution in [-0.2, 0) is 24.2 Å². The number of fused-ring (bicyclic) bond motifs is 1. The number of hydrogen-bond donors (Lipinski definition) is 1. The highest BCUT2D eigenvalue weighted by Crippen LogP contribution is 2.29. The maximum absolute atomic E-state index is 12.3. The summed E-state index contributed by atoms with van der Waals surface area (Å²) in [6.45, 7) is -0.156. The molecular formula is C18H17N5O2S. The fourth-order valence-corrected chi connectivity index (χ4v) is 4.00. The molecule has 26 heavy (non-hydrogen) atoms. The first-order valence-electron chi connectivity index (χ1n) is 8.46. The Morgan fingerprint density at radius 1 is 1.23 bits per heavy atom. The number of rotatable bonds is 4. The normalized spacial score (nSPS) is 13.2. The van der Waals surface area contributed by atoms with Crippen LogP contribution in [0.15, 0.2) is 41.5 Å². The zero-order chi connectivity index (χ0) is 17.9. The molecule has 0 radical (unpaired) electrons. The van der Waals surface area contributed by atoms with Crippen molar-refractivity contribution in [2.45, 2.75) is 32.2 Å². The molecule has 132 valence electrons. The summed E-state index contributed by atoms with van der Waals surface area (Å²) in [5, 5.41) is 7.66. The molecule has 3 aromatic heterocycles. The molecule has 1 amide bonds. The Kier molecular flexibility index (Phi) is 4.57. The van der Waals surface area contributed by atoms with Gasteiger partial charge in [-0.2, -0.15) is 5.10 Å². The van der Waals surface area contributed by atoms with E-state index in [1.807, 2.05) is 6.07 Å². The van der Waals surface area contributed by atoms with Crippen molar-refractivity contribution >= 4 is 22.4 Å². The number of aromatic nitrogens is 4. The van der Waals surface area contributed by atoms with Gasteiger partial charge in [-0.15, -0.1) is 11.3 Å². The number of thiazole rings is 1. The van der Waals surface area contributed by atoms with Crippen LogP contribution >= 0.6 is 11.3 Å². The zero-order valence-electron chi connectivity index (χ0n) is 14.0. The van der Waals surface area contributed by atoms with E-state index >= 15 is 0 Å². The van der Waals surface area contributed by atoms with Gasteiger partial charge in [-0.1, -0.05) is 0 Å². The standard InChI is InChI=1S/C18H17N5O2S/c24-16(21-18-20-14-5-1-2-6-15(14)26-18)11-23-17(25)8-7-13(22-23)12-4-3-9-19-10-12/h3-4,7-10H,1-2,5-6,11H2,(H,20,21,24). The topological polar surface area (TPSA) is 89.8 Å². The number of nitrogens with zero attached hydrogens (tertiary/aromatic N) is 4. The largest absolute Gasteiger partial charge is 0.300 e. The predicted octanol–water partition coefficient (Wildman–Crippen LogP) is 2.28. The second-order valence-corrected chi connectivity index (χ2v) is 7.18. The fourth-order valence-electron chi connectivity index (χ4n) is 2.93. The molecule has 7 nitrogen and oxygen atoms in total. The summed E-state index contributed by atoms with van der Waals surface area (Å²) in [5.41, 5.74) is 2.14. The van der Waals surface area contributed by atoms with Gasteiger partial charge in [0.2, 0.25) is 5.91 Å². The number of amides is 1. The summed E-state index contributed by atoms with van der Waals surface area (Å²) >= 11 is 1.52. The number of aryl methyl sites for hydroxylation is 2. The third kappa shape index (κ3) is 3.55. The number of carbonyl (C=O) groups is 1. The van der Waals surface area contributed by atoms with Crippen LogP contribution in [0.3, 0.4) is 0 Å². The SMILES string of the molecule is O=C(Cn1nc(-c2cccnc2)ccc1=O)Nc1nc2c(s1)CCCC2. The number of hydrogen-bond acceptors (Lipinski definition) is 6. The fraction of sp³-hybridized carbons (Fsp3) is 0.278. The van der Waals surface area contributed by atoms with Crippen molar-refractivity contribution in [3.8, 4) is 11.3 Å². The number of carbonyl (C=O) groups excluding carboxylic acids is 1. The molecule has 0 bridgehead atoms. The van der Waals surface area contributed by atoms with Crippen molar-refractivity contribution in [3.63, 3.8) is 0 Å². The molecular weight excluding hydrogens is 350 g/mol. The van der Waals surface area contributed by atoms with Gasteiger partial charge in [0.05, 0.1) is 11.4 Å². The van der Waals surface area contributed by atoms with Crippen LogP contribution in [0.2, 0.25) is 0 Å². The van der Waals surface area contributed by atoms with E-state index in [2.05, 4.69) is 20.4 Å². The van der Waals surface area contributed by atoms with Crippen LogP contribution in [0.25, 0.3) is 11.3 Å². The average Bonchev–Trinajstić information content (AvgIpc) is 3.06. The molecule has 0 spiro atoms. The van der Waals surface area contributed by atoms with Gasteiger partial charge < -0.3 is 5.32 Å². The van der Waals surface area contributed by atoms with Crippen molar-refractivity contribution < 1.29 is 4.79 Å². The van der Waals surface area contributed by atoms with Gasteiger partial charge in [-0.3, -0.25) is 14.6 Å². The van der Waals surface area contributed by atoms with E-state index in [0.717, 1.165) is 35.2 Å². The lowest BCUT2D eigenvalue weighted by molar-refractivity contribution is -0.117. The van der Waals surface area contributed by atoms with Gasteiger partial charge in [-0.25, -0.2) is 9.67 Å². The third-order valence-electron chi connectivity index (χ3n) is 4.21. The van der Waals surface area contributed by atoms with Crippen molar-refractivity contribution in [3.05, 3.63) is 57.6 Å². The zero-order valence-corrected chi connectivity index (χ0v) is 14.8. The van der Waals surface area contributed by atoms with Crippen molar-refractivity contribution in [2.24, 2.45) is 0 Å². The van der Waals surface area contributed by atoms with Gasteiger partial charge >= 0.3 is 0 Å². The maximum Gasteiger partial charge on any atom is 0.267 e. The smallest absolute Gasteiger partial charge is 0.267 e. The quantitative estimate of drug-likeness (QED) is 0.764. The highest BCUT2D eigenvalue weighted by molar-refractivity contribution is 7.15. The van der Waals surface area contributed by atoms with Gasteiger partial charge in [0, 0.05) is 28.9 Å². The minimum Gasteiger partial charge on any atom is -0.300 e. The first-order chi connectivity index (χ1) is 12.7. The molecule has 1 aliphatic rings. The van der Waals surface area contributed by atoms with E-state index in [1.165, 1.54) is 28.7 Å². The van der Waals surface area contributed by atoms with E-state index in [1.54, 1.807) is 24.5 Å². The molecule has 0 fully saturated rings. The van der Waals surface area contributed by atoms with Gasteiger partial charge in [0.15, 0.2) is 5.13 Å². The molecule has 0 unspecified atom stereocenters. The molecule has 1 N–H and O–H groups in total. The minimum atomic E-state index is -0.328. The van der Waals surface area contributed by atoms with E-state index < -0.39 is 0 Å². The van der Waals surface area contributed by atoms with Crippen LogP contribution in [0.4, 0.5) is 5.13 Å². The van der Waals surface area contributed by atoms with E-state index in [4.69, 9.17) is 0 Å². The molecule has 0 aromatic carbocycles. The van der Waals surface area contributed by atoms with E-state index in [9.17, 15) is 9.59 Å². The summed E-state index contributed by atoms with van der Waals surface area (Å²) < 4.78 is 1.16. The Morgan fingerprint density at radius 2 is 2.12 bits per heavy atom. The summed E-state index contributed by atoms with van der Waals surface area (Å²) in [6.07, 6.45) is 7.64. The number of pyridine rings is 1. The molecule has 8 heteroatoms. The summed E-state index contributed by atoms with van der Waals surface area (Å²) in [7, 11) is 0. The predicted molar refractivity (Wildman–Crippen MR) is 99.1 cm³/mol. The third-order valence-corrected chi connectivity index (χ3v) is 5.28. The lowest BCUT2D eigenvalue weighted by Gasteiger charge is -2.07. The van der Waals surface area contributed by atoms with E-state index in [-0.39, 0.29) is 18.0 Å². The molecule has 0 saturated heterocycles. The van der Waals surface area contributed by atoms with Crippen LogP contribution in [0.5, 0.6) is 0 Å². The van der Waals surface area contributed by atoms with Crippen LogP contribution in [-0.4, -0.2) is 25.7 Å². The first kappa shape index (κ1) is 16.6. The molecule has 3 aromatic rings. The molecule has 0 saturated carbocycles. The summed E-state index contributed by atoms with van der Waals surface area (Å²) in [4.78, 5) is 34.2. The molecule has 3 heterocycles. The molecule has 0 aliphatic heterocycles. The lowest BCUT2D eigenvalue weighted by atomic mass is 10.0. The van der Waals surface area contributed by atoms with Crippen LogP contribution in [0.1, 0.15) is 23.4 Å². The second-order valence-electron chi connectivity index (χ2n) is 6.10. The molecule has 0 atom stereocenters. The summed E-state index contributed by atoms with van der Waals surface area (Å²) in [5.74, 6) is -0.311. The molecule has 1 aliphatic carbocycles. The summed E-state index contributed by atoms with van der Waals surface area (Å²) in [6, 6.07) is 6.68. The Hall–Kier alpha value is -2.87. The van der Waals surface area contributed by atoms with Crippen LogP contribution < -0.4 is 10.9 Å². The molecule has 4 rings (SSSR count).